The number of guanidine groups is 1. The van der Waals surface area contributed by atoms with E-state index in [1.807, 2.05) is 18.2 Å². The lowest BCUT2D eigenvalue weighted by molar-refractivity contribution is 0.235. The Morgan fingerprint density at radius 1 is 1.18 bits per heavy atom. The maximum atomic E-state index is 11.3. The number of aliphatic imine (C=N–C) groups is 1. The second-order valence-corrected chi connectivity index (χ2v) is 7.93. The summed E-state index contributed by atoms with van der Waals surface area (Å²) in [7, 11) is -1.93. The van der Waals surface area contributed by atoms with Gasteiger partial charge in [-0.1, -0.05) is 30.3 Å². The fraction of sp³-hybridized carbons (Fsp3) is 0.316. The van der Waals surface area contributed by atoms with Crippen molar-refractivity contribution in [3.63, 3.8) is 0 Å². The number of hydrogen-bond acceptors (Lipinski definition) is 4. The van der Waals surface area contributed by atoms with Crippen LogP contribution in [0.1, 0.15) is 11.1 Å². The predicted molar refractivity (Wildman–Crippen MR) is 121 cm³/mol. The molecule has 0 aromatic heterocycles. The maximum absolute atomic E-state index is 11.3. The van der Waals surface area contributed by atoms with Gasteiger partial charge in [-0.3, -0.25) is 4.99 Å². The Morgan fingerprint density at radius 3 is 2.54 bits per heavy atom. The van der Waals surface area contributed by atoms with E-state index in [0.29, 0.717) is 19.0 Å². The standard InChI is InChI=1S/C19H24N4O3S.HI/c1-21-19(23-13-16-12-15-4-2-3-5-18(15)26-16)22-11-10-14-6-8-17(9-7-14)27(20,24)25;/h2-9,16H,10-13H2,1H3,(H2,20,24,25)(H2,21,22,23);1H. The van der Waals surface area contributed by atoms with Gasteiger partial charge in [-0.05, 0) is 35.7 Å². The van der Waals surface area contributed by atoms with Gasteiger partial charge in [0, 0.05) is 20.0 Å². The van der Waals surface area contributed by atoms with Gasteiger partial charge in [0.1, 0.15) is 11.9 Å². The molecule has 0 bridgehead atoms. The largest absolute Gasteiger partial charge is 0.488 e. The number of nitrogens with two attached hydrogens (primary N) is 1. The van der Waals surface area contributed by atoms with Gasteiger partial charge in [0.15, 0.2) is 5.96 Å². The van der Waals surface area contributed by atoms with Crippen molar-refractivity contribution in [2.45, 2.75) is 23.8 Å². The van der Waals surface area contributed by atoms with Crippen LogP contribution in [0.25, 0.3) is 0 Å². The van der Waals surface area contributed by atoms with Crippen LogP contribution in [-0.4, -0.2) is 40.6 Å². The molecule has 7 nitrogen and oxygen atoms in total. The Labute approximate surface area is 182 Å². The van der Waals surface area contributed by atoms with Crippen LogP contribution in [0.3, 0.4) is 0 Å². The summed E-state index contributed by atoms with van der Waals surface area (Å²) in [4.78, 5) is 4.34. The van der Waals surface area contributed by atoms with E-state index in [1.165, 1.54) is 17.7 Å². The van der Waals surface area contributed by atoms with Crippen LogP contribution >= 0.6 is 24.0 Å². The number of ether oxygens (including phenoxy) is 1. The molecule has 2 aromatic carbocycles. The van der Waals surface area contributed by atoms with Crippen LogP contribution in [-0.2, 0) is 22.9 Å². The van der Waals surface area contributed by atoms with E-state index in [1.54, 1.807) is 19.2 Å². The van der Waals surface area contributed by atoms with E-state index in [0.717, 1.165) is 24.2 Å². The second-order valence-electron chi connectivity index (χ2n) is 6.37. The molecule has 0 amide bonds. The Bertz CT molecular complexity index is 892. The molecule has 0 saturated heterocycles. The Kier molecular flexibility index (Phi) is 8.08. The zero-order chi connectivity index (χ0) is 19.3. The summed E-state index contributed by atoms with van der Waals surface area (Å²) in [6.45, 7) is 1.33. The van der Waals surface area contributed by atoms with E-state index in [9.17, 15) is 8.42 Å². The van der Waals surface area contributed by atoms with Crippen LogP contribution in [0.15, 0.2) is 58.4 Å². The monoisotopic (exact) mass is 516 g/mol. The van der Waals surface area contributed by atoms with Gasteiger partial charge in [0.25, 0.3) is 0 Å². The minimum Gasteiger partial charge on any atom is -0.488 e. The third-order valence-electron chi connectivity index (χ3n) is 4.39. The molecule has 0 aliphatic carbocycles. The van der Waals surface area contributed by atoms with Crippen LogP contribution < -0.4 is 20.5 Å². The summed E-state index contributed by atoms with van der Waals surface area (Å²) >= 11 is 0. The molecule has 3 rings (SSSR count). The minimum atomic E-state index is -3.65. The Morgan fingerprint density at radius 2 is 1.89 bits per heavy atom. The number of hydrogen-bond donors (Lipinski definition) is 3. The summed E-state index contributed by atoms with van der Waals surface area (Å²) < 4.78 is 28.5. The molecule has 0 spiro atoms. The number of fused-ring (bicyclic) bond motifs is 1. The first-order valence-electron chi connectivity index (χ1n) is 8.76. The van der Waals surface area contributed by atoms with Crippen molar-refractivity contribution in [1.82, 2.24) is 10.6 Å². The first kappa shape index (κ1) is 22.4. The van der Waals surface area contributed by atoms with Crippen molar-refractivity contribution in [2.75, 3.05) is 20.1 Å². The number of primary sulfonamides is 1. The zero-order valence-corrected chi connectivity index (χ0v) is 18.7. The molecule has 152 valence electrons. The summed E-state index contributed by atoms with van der Waals surface area (Å²) in [6, 6.07) is 14.6. The number of nitrogens with one attached hydrogen (secondary N) is 2. The molecule has 1 aliphatic heterocycles. The van der Waals surface area contributed by atoms with Crippen molar-refractivity contribution < 1.29 is 13.2 Å². The molecule has 0 saturated carbocycles. The quantitative estimate of drug-likeness (QED) is 0.308. The lowest BCUT2D eigenvalue weighted by atomic mass is 10.1. The summed E-state index contributed by atoms with van der Waals surface area (Å²) in [6.07, 6.45) is 1.71. The summed E-state index contributed by atoms with van der Waals surface area (Å²) in [5.41, 5.74) is 2.25. The first-order chi connectivity index (χ1) is 13.0. The van der Waals surface area contributed by atoms with Crippen LogP contribution in [0, 0.1) is 0 Å². The van der Waals surface area contributed by atoms with Crippen LogP contribution in [0.2, 0.25) is 0 Å². The minimum absolute atomic E-state index is 0. The molecule has 0 radical (unpaired) electrons. The van der Waals surface area contributed by atoms with Gasteiger partial charge in [-0.25, -0.2) is 13.6 Å². The van der Waals surface area contributed by atoms with Crippen molar-refractivity contribution >= 4 is 40.0 Å². The third-order valence-corrected chi connectivity index (χ3v) is 5.32. The molecule has 4 N–H and O–H groups in total. The van der Waals surface area contributed by atoms with Gasteiger partial charge in [-0.2, -0.15) is 0 Å². The highest BCUT2D eigenvalue weighted by atomic mass is 127. The number of rotatable bonds is 6. The highest BCUT2D eigenvalue weighted by molar-refractivity contribution is 14.0. The molecular formula is C19H25IN4O3S. The highest BCUT2D eigenvalue weighted by Gasteiger charge is 2.22. The second kappa shape index (κ2) is 10.1. The van der Waals surface area contributed by atoms with Crippen LogP contribution in [0.4, 0.5) is 0 Å². The van der Waals surface area contributed by atoms with E-state index in [2.05, 4.69) is 21.7 Å². The zero-order valence-electron chi connectivity index (χ0n) is 15.6. The number of nitrogens with zero attached hydrogens (tertiary/aromatic N) is 1. The molecule has 1 atom stereocenters. The number of benzene rings is 2. The summed E-state index contributed by atoms with van der Waals surface area (Å²) in [5.74, 6) is 1.66. The molecule has 1 heterocycles. The topological polar surface area (TPSA) is 106 Å². The van der Waals surface area contributed by atoms with E-state index in [-0.39, 0.29) is 35.0 Å². The van der Waals surface area contributed by atoms with Crippen molar-refractivity contribution in [3.8, 4) is 5.75 Å². The molecule has 0 fully saturated rings. The molecule has 1 unspecified atom stereocenters. The van der Waals surface area contributed by atoms with Gasteiger partial charge >= 0.3 is 0 Å². The van der Waals surface area contributed by atoms with E-state index >= 15 is 0 Å². The molecular weight excluding hydrogens is 491 g/mol. The number of para-hydroxylation sites is 1. The van der Waals surface area contributed by atoms with Crippen molar-refractivity contribution in [1.29, 1.82) is 0 Å². The average molecular weight is 516 g/mol. The molecule has 2 aromatic rings. The van der Waals surface area contributed by atoms with Crippen LogP contribution in [0.5, 0.6) is 5.75 Å². The first-order valence-corrected chi connectivity index (χ1v) is 10.3. The van der Waals surface area contributed by atoms with Gasteiger partial charge in [0.05, 0.1) is 11.4 Å². The Hall–Kier alpha value is -1.85. The lowest BCUT2D eigenvalue weighted by Gasteiger charge is -2.15. The van der Waals surface area contributed by atoms with Gasteiger partial charge in [-0.15, -0.1) is 24.0 Å². The van der Waals surface area contributed by atoms with Gasteiger partial charge in [0.2, 0.25) is 10.0 Å². The highest BCUT2D eigenvalue weighted by Crippen LogP contribution is 2.27. The average Bonchev–Trinajstić information content (AvgIpc) is 3.07. The third kappa shape index (κ3) is 6.08. The number of halogens is 1. The fourth-order valence-corrected chi connectivity index (χ4v) is 3.49. The van der Waals surface area contributed by atoms with E-state index in [4.69, 9.17) is 9.88 Å². The van der Waals surface area contributed by atoms with Crippen molar-refractivity contribution in [2.24, 2.45) is 10.1 Å². The maximum Gasteiger partial charge on any atom is 0.238 e. The normalized spacial score (nSPS) is 15.9. The smallest absolute Gasteiger partial charge is 0.238 e. The molecule has 28 heavy (non-hydrogen) atoms. The fourth-order valence-electron chi connectivity index (χ4n) is 2.97. The molecule has 9 heteroatoms. The SMILES string of the molecule is CN=C(NCCc1ccc(S(N)(=O)=O)cc1)NCC1Cc2ccccc2O1.I. The Balaban J connectivity index is 0.00000280. The summed E-state index contributed by atoms with van der Waals surface area (Å²) in [5, 5.41) is 11.6. The molecule has 1 aliphatic rings. The van der Waals surface area contributed by atoms with Gasteiger partial charge < -0.3 is 15.4 Å². The predicted octanol–water partition coefficient (Wildman–Crippen LogP) is 1.66. The lowest BCUT2D eigenvalue weighted by Crippen LogP contribution is -2.42. The number of sulfonamides is 1. The van der Waals surface area contributed by atoms with E-state index < -0.39 is 10.0 Å². The van der Waals surface area contributed by atoms with Crippen molar-refractivity contribution in [3.05, 3.63) is 59.7 Å².